The third-order valence-corrected chi connectivity index (χ3v) is 0.772. The van der Waals surface area contributed by atoms with E-state index in [1.807, 2.05) is 0 Å². The van der Waals surface area contributed by atoms with Crippen molar-refractivity contribution in [2.24, 2.45) is 17.2 Å². The van der Waals surface area contributed by atoms with Crippen molar-refractivity contribution in [1.29, 1.82) is 0 Å². The maximum absolute atomic E-state index is 10.5. The van der Waals surface area contributed by atoms with Crippen LogP contribution in [0.15, 0.2) is 0 Å². The van der Waals surface area contributed by atoms with Gasteiger partial charge in [-0.05, 0) is 0 Å². The first kappa shape index (κ1) is 9.35. The molecule has 0 atom stereocenters. The van der Waals surface area contributed by atoms with Crippen LogP contribution in [-0.2, 0) is 9.53 Å². The van der Waals surface area contributed by atoms with Crippen LogP contribution >= 0.6 is 0 Å². The smallest absolute Gasteiger partial charge is 0.305 e. The van der Waals surface area contributed by atoms with Gasteiger partial charge in [-0.3, -0.25) is 22.0 Å². The van der Waals surface area contributed by atoms with Crippen molar-refractivity contribution in [3.8, 4) is 0 Å². The first-order chi connectivity index (χ1) is 4.45. The first-order valence-electron chi connectivity index (χ1n) is 2.98. The van der Waals surface area contributed by atoms with E-state index in [1.165, 1.54) is 0 Å². The molecule has 0 aromatic heterocycles. The third-order valence-electron chi connectivity index (χ3n) is 0.772. The zero-order valence-corrected chi connectivity index (χ0v) is 5.96. The van der Waals surface area contributed by atoms with Gasteiger partial charge in [-0.1, -0.05) is 6.92 Å². The number of carbonyl (C=O) groups is 1. The van der Waals surface area contributed by atoms with Crippen molar-refractivity contribution in [2.45, 2.75) is 19.1 Å². The van der Waals surface area contributed by atoms with E-state index in [0.29, 0.717) is 6.42 Å². The highest BCUT2D eigenvalue weighted by Crippen LogP contribution is 1.86. The van der Waals surface area contributed by atoms with Gasteiger partial charge < -0.3 is 4.74 Å². The summed E-state index contributed by atoms with van der Waals surface area (Å²) in [5, 5.41) is 0. The molecule has 0 amide bonds. The summed E-state index contributed by atoms with van der Waals surface area (Å²) < 4.78 is 4.54. The van der Waals surface area contributed by atoms with Gasteiger partial charge in [0.05, 0.1) is 0 Å². The maximum Gasteiger partial charge on any atom is 0.305 e. The minimum atomic E-state index is -1.41. The maximum atomic E-state index is 10.5. The lowest BCUT2D eigenvalue weighted by atomic mass is 10.4. The summed E-state index contributed by atoms with van der Waals surface area (Å²) in [5.74, 6) is -1.77. The lowest BCUT2D eigenvalue weighted by molar-refractivity contribution is -0.145. The molecule has 60 valence electrons. The Morgan fingerprint density at radius 2 is 2.00 bits per heavy atom. The second-order valence-corrected chi connectivity index (χ2v) is 2.13. The van der Waals surface area contributed by atoms with E-state index in [4.69, 9.17) is 17.2 Å². The Kier molecular flexibility index (Phi) is 3.27. The zero-order chi connectivity index (χ0) is 8.20. The molecule has 0 aliphatic rings. The number of hydrogen-bond donors (Lipinski definition) is 3. The fourth-order valence-corrected chi connectivity index (χ4v) is 0.308. The van der Waals surface area contributed by atoms with Gasteiger partial charge in [0.25, 0.3) is 0 Å². The van der Waals surface area contributed by atoms with Crippen LogP contribution in [0.2, 0.25) is 0 Å². The number of rotatable bonds is 3. The molecule has 0 spiro atoms. The first-order valence-corrected chi connectivity index (χ1v) is 2.98. The molecule has 0 fully saturated rings. The molecule has 0 rings (SSSR count). The molecule has 0 saturated heterocycles. The van der Waals surface area contributed by atoms with Gasteiger partial charge in [0.15, 0.2) is 5.79 Å². The predicted molar refractivity (Wildman–Crippen MR) is 36.5 cm³/mol. The number of ether oxygens (including phenoxy) is 1. The van der Waals surface area contributed by atoms with Crippen molar-refractivity contribution >= 4 is 5.97 Å². The average molecular weight is 147 g/mol. The molecular formula is C5H13N3O2. The van der Waals surface area contributed by atoms with Gasteiger partial charge in [0.1, 0.15) is 6.61 Å². The molecule has 0 unspecified atom stereocenters. The molecule has 5 heteroatoms. The summed E-state index contributed by atoms with van der Waals surface area (Å²) >= 11 is 0. The summed E-state index contributed by atoms with van der Waals surface area (Å²) in [6, 6.07) is 0. The van der Waals surface area contributed by atoms with E-state index >= 15 is 0 Å². The summed E-state index contributed by atoms with van der Waals surface area (Å²) in [5.41, 5.74) is 15.4. The summed E-state index contributed by atoms with van der Waals surface area (Å²) in [6.45, 7) is 1.52. The molecule has 5 nitrogen and oxygen atoms in total. The van der Waals surface area contributed by atoms with Crippen LogP contribution in [0, 0.1) is 0 Å². The van der Waals surface area contributed by atoms with Crippen LogP contribution in [0.5, 0.6) is 0 Å². The monoisotopic (exact) mass is 147 g/mol. The highest BCUT2D eigenvalue weighted by Gasteiger charge is 2.13. The normalized spacial score (nSPS) is 11.2. The van der Waals surface area contributed by atoms with E-state index < -0.39 is 5.79 Å². The summed E-state index contributed by atoms with van der Waals surface area (Å²) in [4.78, 5) is 10.5. The van der Waals surface area contributed by atoms with E-state index in [2.05, 4.69) is 4.74 Å². The molecule has 0 saturated carbocycles. The van der Waals surface area contributed by atoms with Crippen LogP contribution in [0.4, 0.5) is 0 Å². The van der Waals surface area contributed by atoms with E-state index in [9.17, 15) is 4.79 Å². The third kappa shape index (κ3) is 5.49. The second kappa shape index (κ2) is 3.50. The average Bonchev–Trinajstić information content (AvgIpc) is 1.81. The fraction of sp³-hybridized carbons (Fsp3) is 0.800. The molecule has 0 aliphatic carbocycles. The number of carbonyl (C=O) groups excluding carboxylic acids is 1. The molecule has 0 aliphatic heterocycles. The van der Waals surface area contributed by atoms with Crippen molar-refractivity contribution in [3.05, 3.63) is 0 Å². The Morgan fingerprint density at radius 3 is 2.30 bits per heavy atom. The Labute approximate surface area is 59.5 Å². The number of esters is 1. The van der Waals surface area contributed by atoms with Gasteiger partial charge in [-0.25, -0.2) is 0 Å². The Bertz CT molecular complexity index is 119. The van der Waals surface area contributed by atoms with Gasteiger partial charge >= 0.3 is 5.97 Å². The van der Waals surface area contributed by atoms with Crippen LogP contribution in [0.1, 0.15) is 13.3 Å². The van der Waals surface area contributed by atoms with E-state index in [1.54, 1.807) is 6.92 Å². The number of hydrogen-bond acceptors (Lipinski definition) is 5. The Morgan fingerprint density at radius 1 is 1.50 bits per heavy atom. The van der Waals surface area contributed by atoms with Crippen molar-refractivity contribution in [2.75, 3.05) is 6.61 Å². The van der Waals surface area contributed by atoms with Crippen LogP contribution in [0.3, 0.4) is 0 Å². The van der Waals surface area contributed by atoms with Crippen molar-refractivity contribution < 1.29 is 9.53 Å². The molecule has 0 heterocycles. The molecule has 0 aromatic rings. The SMILES string of the molecule is CCC(=O)OCC(N)(N)N. The Balaban J connectivity index is 3.46. The van der Waals surface area contributed by atoms with Crippen molar-refractivity contribution in [3.63, 3.8) is 0 Å². The lowest BCUT2D eigenvalue weighted by Crippen LogP contribution is -2.61. The Hall–Kier alpha value is -0.650. The number of nitrogens with two attached hydrogens (primary N) is 3. The molecule has 10 heavy (non-hydrogen) atoms. The van der Waals surface area contributed by atoms with Crippen LogP contribution in [-0.4, -0.2) is 18.4 Å². The van der Waals surface area contributed by atoms with Crippen LogP contribution in [0.25, 0.3) is 0 Å². The highest BCUT2D eigenvalue weighted by atomic mass is 16.5. The van der Waals surface area contributed by atoms with E-state index in [-0.39, 0.29) is 12.6 Å². The zero-order valence-electron chi connectivity index (χ0n) is 5.96. The predicted octanol–water partition coefficient (Wildman–Crippen LogP) is -1.53. The van der Waals surface area contributed by atoms with Crippen molar-refractivity contribution in [1.82, 2.24) is 0 Å². The molecule has 6 N–H and O–H groups in total. The van der Waals surface area contributed by atoms with Gasteiger partial charge in [-0.15, -0.1) is 0 Å². The quantitative estimate of drug-likeness (QED) is 0.332. The van der Waals surface area contributed by atoms with Gasteiger partial charge in [0.2, 0.25) is 0 Å². The highest BCUT2D eigenvalue weighted by molar-refractivity contribution is 5.68. The van der Waals surface area contributed by atoms with Crippen LogP contribution < -0.4 is 17.2 Å². The second-order valence-electron chi connectivity index (χ2n) is 2.13. The molecule has 0 bridgehead atoms. The topological polar surface area (TPSA) is 104 Å². The summed E-state index contributed by atoms with van der Waals surface area (Å²) in [6.07, 6.45) is 0.302. The largest absolute Gasteiger partial charge is 0.461 e. The fourth-order valence-electron chi connectivity index (χ4n) is 0.308. The van der Waals surface area contributed by atoms with Gasteiger partial charge in [-0.2, -0.15) is 0 Å². The molecule has 0 radical (unpaired) electrons. The minimum absolute atomic E-state index is 0.153. The molecule has 0 aromatic carbocycles. The lowest BCUT2D eigenvalue weighted by Gasteiger charge is -2.17. The van der Waals surface area contributed by atoms with E-state index in [0.717, 1.165) is 0 Å². The standard InChI is InChI=1S/C5H13N3O2/c1-2-4(9)10-3-5(6,7)8/h2-3,6-8H2,1H3. The summed E-state index contributed by atoms with van der Waals surface area (Å²) in [7, 11) is 0. The molecular weight excluding hydrogens is 134 g/mol. The minimum Gasteiger partial charge on any atom is -0.461 e. The van der Waals surface area contributed by atoms with Gasteiger partial charge in [0, 0.05) is 6.42 Å².